The highest BCUT2D eigenvalue weighted by molar-refractivity contribution is 7.92. The highest BCUT2D eigenvalue weighted by Gasteiger charge is 2.21. The van der Waals surface area contributed by atoms with Gasteiger partial charge in [-0.25, -0.2) is 8.42 Å². The zero-order chi connectivity index (χ0) is 18.6. The van der Waals surface area contributed by atoms with E-state index in [9.17, 15) is 17.2 Å². The van der Waals surface area contributed by atoms with Crippen molar-refractivity contribution in [1.29, 1.82) is 0 Å². The Morgan fingerprint density at radius 3 is 2.28 bits per heavy atom. The smallest absolute Gasteiger partial charge is 0.387 e. The molecule has 0 unspecified atom stereocenters. The first-order valence-corrected chi connectivity index (χ1v) is 8.62. The summed E-state index contributed by atoms with van der Waals surface area (Å²) in [5.74, 6) is 0.163. The van der Waals surface area contributed by atoms with Gasteiger partial charge in [-0.05, 0) is 30.3 Å². The van der Waals surface area contributed by atoms with Crippen LogP contribution in [0.4, 0.5) is 14.5 Å². The molecule has 0 radical (unpaired) electrons. The van der Waals surface area contributed by atoms with Crippen LogP contribution < -0.4 is 18.9 Å². The maximum Gasteiger partial charge on any atom is 0.387 e. The molecule has 0 atom stereocenters. The molecular formula is C15H14ClF2NO5S. The van der Waals surface area contributed by atoms with Crippen molar-refractivity contribution >= 4 is 27.3 Å². The molecule has 0 aliphatic rings. The predicted octanol–water partition coefficient (Wildman–Crippen LogP) is 3.76. The summed E-state index contributed by atoms with van der Waals surface area (Å²) < 4.78 is 66.2. The van der Waals surface area contributed by atoms with Crippen LogP contribution >= 0.6 is 11.6 Å². The van der Waals surface area contributed by atoms with Crippen LogP contribution in [0, 0.1) is 0 Å². The summed E-state index contributed by atoms with van der Waals surface area (Å²) in [5, 5.41) is -0.168. The van der Waals surface area contributed by atoms with Crippen molar-refractivity contribution in [2.24, 2.45) is 0 Å². The number of rotatable bonds is 7. The maximum absolute atomic E-state index is 12.6. The number of hydrogen-bond donors (Lipinski definition) is 1. The largest absolute Gasteiger partial charge is 0.497 e. The molecule has 0 bridgehead atoms. The second-order valence-electron chi connectivity index (χ2n) is 4.65. The van der Waals surface area contributed by atoms with Crippen molar-refractivity contribution in [2.45, 2.75) is 11.5 Å². The van der Waals surface area contributed by atoms with Gasteiger partial charge in [-0.2, -0.15) is 8.78 Å². The molecule has 0 heterocycles. The van der Waals surface area contributed by atoms with Gasteiger partial charge in [0.1, 0.15) is 22.1 Å². The molecule has 0 saturated heterocycles. The molecule has 2 aromatic rings. The van der Waals surface area contributed by atoms with E-state index in [2.05, 4.69) is 9.46 Å². The van der Waals surface area contributed by atoms with Crippen molar-refractivity contribution in [3.63, 3.8) is 0 Å². The second kappa shape index (κ2) is 7.75. The molecule has 0 aliphatic carbocycles. The summed E-state index contributed by atoms with van der Waals surface area (Å²) in [6.45, 7) is -3.04. The third kappa shape index (κ3) is 4.64. The Morgan fingerprint density at radius 2 is 1.72 bits per heavy atom. The molecule has 0 spiro atoms. The predicted molar refractivity (Wildman–Crippen MR) is 88.4 cm³/mol. The van der Waals surface area contributed by atoms with E-state index in [0.29, 0.717) is 5.75 Å². The fraction of sp³-hybridized carbons (Fsp3) is 0.200. The number of alkyl halides is 2. The lowest BCUT2D eigenvalue weighted by molar-refractivity contribution is -0.0497. The van der Waals surface area contributed by atoms with E-state index in [0.717, 1.165) is 12.1 Å². The fourth-order valence-corrected chi connectivity index (χ4v) is 3.42. The van der Waals surface area contributed by atoms with E-state index in [1.807, 2.05) is 0 Å². The highest BCUT2D eigenvalue weighted by Crippen LogP contribution is 2.32. The van der Waals surface area contributed by atoms with Gasteiger partial charge in [0.05, 0.1) is 24.9 Å². The number of nitrogens with one attached hydrogen (secondary N) is 1. The molecule has 0 fully saturated rings. The number of hydrogen-bond acceptors (Lipinski definition) is 5. The van der Waals surface area contributed by atoms with E-state index >= 15 is 0 Å². The summed E-state index contributed by atoms with van der Waals surface area (Å²) in [7, 11) is -1.32. The van der Waals surface area contributed by atoms with Crippen LogP contribution in [0.15, 0.2) is 41.3 Å². The summed E-state index contributed by atoms with van der Waals surface area (Å²) in [4.78, 5) is -0.154. The van der Waals surface area contributed by atoms with E-state index in [1.165, 1.54) is 32.4 Å². The molecule has 10 heteroatoms. The zero-order valence-electron chi connectivity index (χ0n) is 13.1. The van der Waals surface area contributed by atoms with Crippen molar-refractivity contribution in [1.82, 2.24) is 0 Å². The minimum Gasteiger partial charge on any atom is -0.497 e. The normalized spacial score (nSPS) is 11.3. The number of anilines is 1. The van der Waals surface area contributed by atoms with E-state index < -0.39 is 16.6 Å². The standard InChI is InChI=1S/C15H14ClF2NO5S/c1-22-10-4-6-13(23-2)14(8-10)25(20,21)19-9-3-5-12(11(16)7-9)24-15(17)18/h3-8,15,19H,1-2H3. The summed E-state index contributed by atoms with van der Waals surface area (Å²) in [6, 6.07) is 7.81. The van der Waals surface area contributed by atoms with Gasteiger partial charge >= 0.3 is 6.61 Å². The third-order valence-electron chi connectivity index (χ3n) is 3.06. The van der Waals surface area contributed by atoms with Crippen molar-refractivity contribution in [2.75, 3.05) is 18.9 Å². The Bertz CT molecular complexity index is 861. The molecular weight excluding hydrogens is 380 g/mol. The second-order valence-corrected chi connectivity index (χ2v) is 6.70. The lowest BCUT2D eigenvalue weighted by Crippen LogP contribution is -2.14. The van der Waals surface area contributed by atoms with E-state index in [-0.39, 0.29) is 27.1 Å². The lowest BCUT2D eigenvalue weighted by Gasteiger charge is -2.14. The summed E-state index contributed by atoms with van der Waals surface area (Å²) in [6.07, 6.45) is 0. The number of methoxy groups -OCH3 is 2. The van der Waals surface area contributed by atoms with Crippen LogP contribution in [0.2, 0.25) is 5.02 Å². The van der Waals surface area contributed by atoms with Crippen molar-refractivity contribution in [3.05, 3.63) is 41.4 Å². The lowest BCUT2D eigenvalue weighted by atomic mass is 10.3. The quantitative estimate of drug-likeness (QED) is 0.775. The molecule has 0 aliphatic heterocycles. The first-order chi connectivity index (χ1) is 11.8. The molecule has 1 N–H and O–H groups in total. The minimum atomic E-state index is -4.04. The van der Waals surface area contributed by atoms with Crippen LogP contribution in [-0.4, -0.2) is 29.2 Å². The molecule has 0 amide bonds. The Kier molecular flexibility index (Phi) is 5.91. The van der Waals surface area contributed by atoms with Gasteiger partial charge < -0.3 is 14.2 Å². The molecule has 2 aromatic carbocycles. The molecule has 0 aromatic heterocycles. The van der Waals surface area contributed by atoms with Gasteiger partial charge in [-0.3, -0.25) is 4.72 Å². The zero-order valence-corrected chi connectivity index (χ0v) is 14.7. The summed E-state index contributed by atoms with van der Waals surface area (Å²) >= 11 is 5.82. The van der Waals surface area contributed by atoms with Gasteiger partial charge in [0.2, 0.25) is 0 Å². The van der Waals surface area contributed by atoms with E-state index in [4.69, 9.17) is 21.1 Å². The Morgan fingerprint density at radius 1 is 1.04 bits per heavy atom. The molecule has 6 nitrogen and oxygen atoms in total. The van der Waals surface area contributed by atoms with Gasteiger partial charge in [0, 0.05) is 6.07 Å². The number of benzene rings is 2. The number of sulfonamides is 1. The van der Waals surface area contributed by atoms with Crippen LogP contribution in [0.5, 0.6) is 17.2 Å². The Labute approximate surface area is 148 Å². The average Bonchev–Trinajstić information content (AvgIpc) is 2.56. The van der Waals surface area contributed by atoms with Crippen molar-refractivity contribution in [3.8, 4) is 17.2 Å². The van der Waals surface area contributed by atoms with Crippen LogP contribution in [0.25, 0.3) is 0 Å². The number of halogens is 3. The van der Waals surface area contributed by atoms with Crippen LogP contribution in [-0.2, 0) is 10.0 Å². The highest BCUT2D eigenvalue weighted by atomic mass is 35.5. The van der Waals surface area contributed by atoms with E-state index in [1.54, 1.807) is 6.07 Å². The van der Waals surface area contributed by atoms with Crippen LogP contribution in [0.1, 0.15) is 0 Å². The first kappa shape index (κ1) is 19.1. The Hall–Kier alpha value is -2.26. The van der Waals surface area contributed by atoms with Gasteiger partial charge in [-0.1, -0.05) is 11.6 Å². The van der Waals surface area contributed by atoms with Gasteiger partial charge in [0.15, 0.2) is 0 Å². The monoisotopic (exact) mass is 393 g/mol. The average molecular weight is 394 g/mol. The van der Waals surface area contributed by atoms with Gasteiger partial charge in [0.25, 0.3) is 10.0 Å². The number of ether oxygens (including phenoxy) is 3. The SMILES string of the molecule is COc1ccc(OC)c(S(=O)(=O)Nc2ccc(OC(F)F)c(Cl)c2)c1. The Balaban J connectivity index is 2.34. The van der Waals surface area contributed by atoms with Crippen LogP contribution in [0.3, 0.4) is 0 Å². The third-order valence-corrected chi connectivity index (χ3v) is 4.76. The molecule has 0 saturated carbocycles. The molecule has 2 rings (SSSR count). The van der Waals surface area contributed by atoms with Gasteiger partial charge in [-0.15, -0.1) is 0 Å². The first-order valence-electron chi connectivity index (χ1n) is 6.76. The summed E-state index contributed by atoms with van der Waals surface area (Å²) in [5.41, 5.74) is 0.0662. The molecule has 25 heavy (non-hydrogen) atoms. The molecule has 136 valence electrons. The topological polar surface area (TPSA) is 73.9 Å². The minimum absolute atomic E-state index is 0.0662. The van der Waals surface area contributed by atoms with Crippen molar-refractivity contribution < 1.29 is 31.4 Å². The maximum atomic E-state index is 12.6. The fourth-order valence-electron chi connectivity index (χ4n) is 1.96.